The van der Waals surface area contributed by atoms with Gasteiger partial charge in [0.05, 0.1) is 54.1 Å². The fraction of sp³-hybridized carbons (Fsp3) is 0.311. The molecule has 0 spiro atoms. The number of esters is 1. The molecule has 6 nitrogen and oxygen atoms in total. The van der Waals surface area contributed by atoms with Gasteiger partial charge in [0.1, 0.15) is 23.9 Å². The Labute approximate surface area is 322 Å². The molecule has 53 heavy (non-hydrogen) atoms. The van der Waals surface area contributed by atoms with Crippen molar-refractivity contribution in [2.75, 3.05) is 6.61 Å². The number of rotatable bonds is 15. The van der Waals surface area contributed by atoms with Crippen molar-refractivity contribution < 1.29 is 28.5 Å². The van der Waals surface area contributed by atoms with E-state index in [-0.39, 0.29) is 10.5 Å². The first-order valence-electron chi connectivity index (χ1n) is 18.0. The van der Waals surface area contributed by atoms with Crippen LogP contribution in [0.5, 0.6) is 0 Å². The molecule has 8 heteroatoms. The van der Waals surface area contributed by atoms with Crippen molar-refractivity contribution >= 4 is 29.3 Å². The monoisotopic (exact) mass is 750 g/mol. The molecule has 0 aromatic heterocycles. The summed E-state index contributed by atoms with van der Waals surface area (Å²) in [4.78, 5) is 13.4. The Morgan fingerprint density at radius 2 is 1.06 bits per heavy atom. The van der Waals surface area contributed by atoms with E-state index < -0.39 is 29.9 Å². The van der Waals surface area contributed by atoms with Gasteiger partial charge in [-0.1, -0.05) is 139 Å². The van der Waals surface area contributed by atoms with E-state index in [1.165, 1.54) is 0 Å². The Kier molecular flexibility index (Phi) is 13.8. The summed E-state index contributed by atoms with van der Waals surface area (Å²) >= 11 is 8.38. The second-order valence-corrected chi connectivity index (χ2v) is 15.9. The number of hydrogen-bond acceptors (Lipinski definition) is 7. The molecule has 5 aromatic carbocycles. The Bertz CT molecular complexity index is 1850. The predicted molar refractivity (Wildman–Crippen MR) is 212 cm³/mol. The van der Waals surface area contributed by atoms with Crippen LogP contribution >= 0.6 is 23.4 Å². The van der Waals surface area contributed by atoms with Gasteiger partial charge >= 0.3 is 5.97 Å². The van der Waals surface area contributed by atoms with E-state index in [0.29, 0.717) is 43.6 Å². The Hall–Kier alpha value is -3.95. The van der Waals surface area contributed by atoms with Crippen LogP contribution in [0.4, 0.5) is 0 Å². The van der Waals surface area contributed by atoms with Crippen LogP contribution in [-0.4, -0.2) is 41.7 Å². The predicted octanol–water partition coefficient (Wildman–Crippen LogP) is 10.4. The van der Waals surface area contributed by atoms with E-state index in [1.807, 2.05) is 106 Å². The molecule has 5 aromatic rings. The van der Waals surface area contributed by atoms with Gasteiger partial charge in [-0.25, -0.2) is 4.79 Å². The minimum atomic E-state index is -0.682. The molecule has 276 valence electrons. The van der Waals surface area contributed by atoms with E-state index in [2.05, 4.69) is 48.5 Å². The zero-order valence-electron chi connectivity index (χ0n) is 30.4. The summed E-state index contributed by atoms with van der Waals surface area (Å²) in [6, 6.07) is 46.1. The number of halogens is 1. The average Bonchev–Trinajstić information content (AvgIpc) is 3.17. The highest BCUT2D eigenvalue weighted by atomic mass is 35.5. The normalized spacial score (nSPS) is 20.2. The second kappa shape index (κ2) is 18.9. The summed E-state index contributed by atoms with van der Waals surface area (Å²) in [6.45, 7) is 7.51. The summed E-state index contributed by atoms with van der Waals surface area (Å²) in [5.74, 6) is -0.476. The van der Waals surface area contributed by atoms with Gasteiger partial charge in [0, 0.05) is 0 Å². The molecule has 1 heterocycles. The van der Waals surface area contributed by atoms with E-state index >= 15 is 0 Å². The highest BCUT2D eigenvalue weighted by molar-refractivity contribution is 8.00. The van der Waals surface area contributed by atoms with Crippen LogP contribution in [0.1, 0.15) is 64.2 Å². The maximum Gasteiger partial charge on any atom is 0.340 e. The lowest BCUT2D eigenvalue weighted by Gasteiger charge is -2.46. The fourth-order valence-corrected chi connectivity index (χ4v) is 8.09. The van der Waals surface area contributed by atoms with Crippen LogP contribution in [0.3, 0.4) is 0 Å². The number of carbonyl (C=O) groups excluding carboxylic acids is 1. The third-order valence-electron chi connectivity index (χ3n) is 8.82. The molecule has 0 radical (unpaired) electrons. The molecule has 0 bridgehead atoms. The molecule has 5 atom stereocenters. The van der Waals surface area contributed by atoms with E-state index in [4.69, 9.17) is 35.3 Å². The van der Waals surface area contributed by atoms with Crippen molar-refractivity contribution in [1.29, 1.82) is 0 Å². The molecular weight excluding hydrogens is 704 g/mol. The Morgan fingerprint density at radius 1 is 0.604 bits per heavy atom. The summed E-state index contributed by atoms with van der Waals surface area (Å²) in [5, 5.41) is -0.112. The highest BCUT2D eigenvalue weighted by Crippen LogP contribution is 2.48. The van der Waals surface area contributed by atoms with E-state index in [0.717, 1.165) is 27.8 Å². The second-order valence-electron chi connectivity index (χ2n) is 14.1. The number of thioether (sulfide) groups is 1. The standard InChI is InChI=1S/C45H47ClO6S/c1-45(2,3)52-44(47)37-26-36(24-25-38(37)46)43-42(51-30-35-22-14-7-15-23-35)41(50-29-34-20-12-6-13-21-34)40(49-28-33-18-10-5-11-19-33)39(53-43)31-48-27-32-16-8-4-9-17-32/h4-26,39-43H,27-31H2,1-3H3/t39-,40-,41+,42-,43+/m1/s1. The molecule has 1 fully saturated rings. The molecule has 0 aliphatic carbocycles. The number of benzene rings is 5. The minimum Gasteiger partial charge on any atom is -0.456 e. The largest absolute Gasteiger partial charge is 0.456 e. The molecule has 0 N–H and O–H groups in total. The minimum absolute atomic E-state index is 0.162. The maximum absolute atomic E-state index is 13.4. The number of carbonyl (C=O) groups is 1. The lowest BCUT2D eigenvalue weighted by Crippen LogP contribution is -2.54. The molecule has 0 saturated carbocycles. The van der Waals surface area contributed by atoms with E-state index in [9.17, 15) is 4.79 Å². The number of hydrogen-bond donors (Lipinski definition) is 0. The van der Waals surface area contributed by atoms with Crippen molar-refractivity contribution in [2.24, 2.45) is 0 Å². The molecular formula is C45H47ClO6S. The SMILES string of the molecule is CC(C)(C)OC(=O)c1cc([C@@H]2S[C@H](COCc3ccccc3)[C@@H](OCc3ccccc3)[C@H](OCc3ccccc3)[C@H]2OCc2ccccc2)ccc1Cl. The topological polar surface area (TPSA) is 63.2 Å². The average molecular weight is 751 g/mol. The van der Waals surface area contributed by atoms with Gasteiger partial charge in [0.2, 0.25) is 0 Å². The van der Waals surface area contributed by atoms with Gasteiger partial charge in [0.25, 0.3) is 0 Å². The summed E-state index contributed by atoms with van der Waals surface area (Å²) in [7, 11) is 0. The zero-order chi connectivity index (χ0) is 37.0. The van der Waals surface area contributed by atoms with Crippen molar-refractivity contribution in [2.45, 2.75) is 81.6 Å². The first kappa shape index (κ1) is 38.8. The smallest absolute Gasteiger partial charge is 0.340 e. The molecule has 6 rings (SSSR count). The Morgan fingerprint density at radius 3 is 1.55 bits per heavy atom. The zero-order valence-corrected chi connectivity index (χ0v) is 32.0. The third kappa shape index (κ3) is 11.3. The summed E-state index contributed by atoms with van der Waals surface area (Å²) in [5.41, 5.74) is 4.74. The van der Waals surface area contributed by atoms with Crippen LogP contribution in [0.25, 0.3) is 0 Å². The van der Waals surface area contributed by atoms with Gasteiger partial charge < -0.3 is 23.7 Å². The fourth-order valence-electron chi connectivity index (χ4n) is 6.27. The van der Waals surface area contributed by atoms with Crippen LogP contribution in [0.15, 0.2) is 140 Å². The van der Waals surface area contributed by atoms with E-state index in [1.54, 1.807) is 17.8 Å². The highest BCUT2D eigenvalue weighted by Gasteiger charge is 2.48. The summed E-state index contributed by atoms with van der Waals surface area (Å²) in [6.07, 6.45) is -1.41. The van der Waals surface area contributed by atoms with Crippen molar-refractivity contribution in [3.63, 3.8) is 0 Å². The van der Waals surface area contributed by atoms with Gasteiger partial charge in [-0.15, -0.1) is 11.8 Å². The van der Waals surface area contributed by atoms with Crippen LogP contribution in [-0.2, 0) is 50.1 Å². The van der Waals surface area contributed by atoms with Gasteiger partial charge in [-0.05, 0) is 60.7 Å². The molecule has 0 unspecified atom stereocenters. The lowest BCUT2D eigenvalue weighted by molar-refractivity contribution is -0.160. The molecule has 1 saturated heterocycles. The van der Waals surface area contributed by atoms with Crippen LogP contribution in [0.2, 0.25) is 5.02 Å². The Balaban J connectivity index is 1.39. The summed E-state index contributed by atoms with van der Waals surface area (Å²) < 4.78 is 33.0. The van der Waals surface area contributed by atoms with Gasteiger partial charge in [-0.3, -0.25) is 0 Å². The first-order valence-corrected chi connectivity index (χ1v) is 19.3. The first-order chi connectivity index (χ1) is 25.7. The lowest BCUT2D eigenvalue weighted by atomic mass is 9.95. The van der Waals surface area contributed by atoms with Crippen LogP contribution in [0, 0.1) is 0 Å². The van der Waals surface area contributed by atoms with Crippen LogP contribution < -0.4 is 0 Å². The van der Waals surface area contributed by atoms with Crippen molar-refractivity contribution in [3.8, 4) is 0 Å². The maximum atomic E-state index is 13.4. The van der Waals surface area contributed by atoms with Gasteiger partial charge in [-0.2, -0.15) is 0 Å². The molecule has 0 amide bonds. The molecule has 1 aliphatic heterocycles. The van der Waals surface area contributed by atoms with Crippen molar-refractivity contribution in [1.82, 2.24) is 0 Å². The third-order valence-corrected chi connectivity index (χ3v) is 10.7. The quantitative estimate of drug-likeness (QED) is 0.0987. The van der Waals surface area contributed by atoms with Gasteiger partial charge in [0.15, 0.2) is 0 Å². The van der Waals surface area contributed by atoms with Crippen molar-refractivity contribution in [3.05, 3.63) is 178 Å². The number of ether oxygens (including phenoxy) is 5. The molecule has 1 aliphatic rings.